The summed E-state index contributed by atoms with van der Waals surface area (Å²) in [5.41, 5.74) is 0. The van der Waals surface area contributed by atoms with Crippen molar-refractivity contribution in [1.29, 1.82) is 0 Å². The van der Waals surface area contributed by atoms with E-state index in [9.17, 15) is 0 Å². The van der Waals surface area contributed by atoms with Crippen molar-refractivity contribution < 1.29 is 9.52 Å². The topological polar surface area (TPSA) is 33.4 Å². The van der Waals surface area contributed by atoms with E-state index in [0.717, 1.165) is 30.8 Å². The Bertz CT molecular complexity index is 299. The molecule has 0 aromatic carbocycles. The van der Waals surface area contributed by atoms with Gasteiger partial charge in [0.2, 0.25) is 0 Å². The van der Waals surface area contributed by atoms with E-state index in [4.69, 9.17) is 9.52 Å². The Hall–Kier alpha value is -1.02. The van der Waals surface area contributed by atoms with E-state index in [1.54, 1.807) is 0 Å². The molecule has 16 heavy (non-hydrogen) atoms. The summed E-state index contributed by atoms with van der Waals surface area (Å²) in [5.74, 6) is 1.90. The first-order chi connectivity index (χ1) is 7.83. The molecule has 0 radical (unpaired) electrons. The fourth-order valence-corrected chi connectivity index (χ4v) is 1.65. The molecule has 0 saturated heterocycles. The smallest absolute Gasteiger partial charge is 0.126 e. The van der Waals surface area contributed by atoms with Gasteiger partial charge in [-0.3, -0.25) is 0 Å². The first-order valence-corrected chi connectivity index (χ1v) is 6.17. The van der Waals surface area contributed by atoms with Crippen LogP contribution in [0.2, 0.25) is 0 Å². The van der Waals surface area contributed by atoms with Gasteiger partial charge in [-0.25, -0.2) is 0 Å². The molecule has 0 spiro atoms. The van der Waals surface area contributed by atoms with E-state index in [-0.39, 0.29) is 0 Å². The lowest BCUT2D eigenvalue weighted by molar-refractivity contribution is 0.282. The maximum absolute atomic E-state index is 8.61. The van der Waals surface area contributed by atoms with Crippen LogP contribution in [-0.4, -0.2) is 11.7 Å². The first-order valence-electron chi connectivity index (χ1n) is 6.17. The fourth-order valence-electron chi connectivity index (χ4n) is 1.65. The Kier molecular flexibility index (Phi) is 6.66. The molecule has 2 nitrogen and oxygen atoms in total. The average Bonchev–Trinajstić information content (AvgIpc) is 2.68. The van der Waals surface area contributed by atoms with Crippen LogP contribution in [0.3, 0.4) is 0 Å². The standard InChI is InChI=1S/C14H22O2/c1-13-10-11-14(16-13)9-7-5-3-2-4-6-8-12-15/h7,9-11,15H,2-6,8,12H2,1H3/b9-7-. The Labute approximate surface area is 98.0 Å². The number of aliphatic hydroxyl groups is 1. The van der Waals surface area contributed by atoms with Gasteiger partial charge in [0, 0.05) is 6.61 Å². The number of allylic oxidation sites excluding steroid dienone is 1. The zero-order chi connectivity index (χ0) is 11.6. The van der Waals surface area contributed by atoms with Gasteiger partial charge < -0.3 is 9.52 Å². The van der Waals surface area contributed by atoms with Gasteiger partial charge in [0.1, 0.15) is 11.5 Å². The van der Waals surface area contributed by atoms with Gasteiger partial charge in [0.05, 0.1) is 0 Å². The highest BCUT2D eigenvalue weighted by atomic mass is 16.3. The highest BCUT2D eigenvalue weighted by Crippen LogP contribution is 2.10. The van der Waals surface area contributed by atoms with Crippen molar-refractivity contribution in [3.63, 3.8) is 0 Å². The predicted molar refractivity (Wildman–Crippen MR) is 67.3 cm³/mol. The number of unbranched alkanes of at least 4 members (excludes halogenated alkanes) is 5. The van der Waals surface area contributed by atoms with Crippen LogP contribution in [0.4, 0.5) is 0 Å². The number of rotatable bonds is 8. The van der Waals surface area contributed by atoms with Crippen molar-refractivity contribution in [2.75, 3.05) is 6.61 Å². The van der Waals surface area contributed by atoms with Gasteiger partial charge >= 0.3 is 0 Å². The molecule has 0 unspecified atom stereocenters. The van der Waals surface area contributed by atoms with Gasteiger partial charge in [-0.05, 0) is 44.4 Å². The van der Waals surface area contributed by atoms with Crippen LogP contribution in [0.1, 0.15) is 50.0 Å². The molecule has 0 atom stereocenters. The summed E-state index contributed by atoms with van der Waals surface area (Å²) in [6.45, 7) is 2.29. The van der Waals surface area contributed by atoms with E-state index in [0.29, 0.717) is 6.61 Å². The summed E-state index contributed by atoms with van der Waals surface area (Å²) in [6.07, 6.45) is 11.1. The summed E-state index contributed by atoms with van der Waals surface area (Å²) < 4.78 is 5.43. The number of hydrogen-bond acceptors (Lipinski definition) is 2. The van der Waals surface area contributed by atoms with E-state index >= 15 is 0 Å². The molecular formula is C14H22O2. The summed E-state index contributed by atoms with van der Waals surface area (Å²) in [4.78, 5) is 0. The number of furan rings is 1. The van der Waals surface area contributed by atoms with Crippen LogP contribution in [0.25, 0.3) is 6.08 Å². The monoisotopic (exact) mass is 222 g/mol. The molecule has 0 aliphatic carbocycles. The molecule has 0 amide bonds. The number of hydrogen-bond donors (Lipinski definition) is 1. The van der Waals surface area contributed by atoms with Gasteiger partial charge in [-0.2, -0.15) is 0 Å². The molecule has 2 heteroatoms. The zero-order valence-electron chi connectivity index (χ0n) is 10.1. The number of aliphatic hydroxyl groups excluding tert-OH is 1. The molecule has 0 aliphatic heterocycles. The molecule has 1 rings (SSSR count). The van der Waals surface area contributed by atoms with Gasteiger partial charge in [0.25, 0.3) is 0 Å². The zero-order valence-corrected chi connectivity index (χ0v) is 10.1. The Balaban J connectivity index is 2.00. The van der Waals surface area contributed by atoms with Crippen molar-refractivity contribution >= 4 is 6.08 Å². The SMILES string of the molecule is Cc1ccc(/C=C\CCCCCCCO)o1. The van der Waals surface area contributed by atoms with Crippen molar-refractivity contribution in [1.82, 2.24) is 0 Å². The summed E-state index contributed by atoms with van der Waals surface area (Å²) >= 11 is 0. The van der Waals surface area contributed by atoms with E-state index in [1.807, 2.05) is 25.1 Å². The largest absolute Gasteiger partial charge is 0.462 e. The lowest BCUT2D eigenvalue weighted by Gasteiger charge is -1.97. The Morgan fingerprint density at radius 3 is 2.56 bits per heavy atom. The lowest BCUT2D eigenvalue weighted by atomic mass is 10.1. The van der Waals surface area contributed by atoms with Crippen LogP contribution in [0.15, 0.2) is 22.6 Å². The minimum Gasteiger partial charge on any atom is -0.462 e. The Morgan fingerprint density at radius 2 is 1.88 bits per heavy atom. The third kappa shape index (κ3) is 5.76. The van der Waals surface area contributed by atoms with E-state index in [1.165, 1.54) is 19.3 Å². The second kappa shape index (κ2) is 8.17. The molecule has 90 valence electrons. The van der Waals surface area contributed by atoms with E-state index < -0.39 is 0 Å². The van der Waals surface area contributed by atoms with Gasteiger partial charge in [-0.1, -0.05) is 25.3 Å². The second-order valence-corrected chi connectivity index (χ2v) is 4.13. The van der Waals surface area contributed by atoms with Crippen molar-refractivity contribution in [2.45, 2.75) is 45.4 Å². The first kappa shape index (κ1) is 13.0. The maximum atomic E-state index is 8.61. The van der Waals surface area contributed by atoms with Crippen LogP contribution in [0.5, 0.6) is 0 Å². The third-order valence-electron chi connectivity index (χ3n) is 2.57. The minimum absolute atomic E-state index is 0.331. The van der Waals surface area contributed by atoms with Gasteiger partial charge in [-0.15, -0.1) is 0 Å². The van der Waals surface area contributed by atoms with Crippen LogP contribution >= 0.6 is 0 Å². The maximum Gasteiger partial charge on any atom is 0.126 e. The highest BCUT2D eigenvalue weighted by Gasteiger charge is 1.92. The van der Waals surface area contributed by atoms with Crippen molar-refractivity contribution in [3.8, 4) is 0 Å². The normalized spacial score (nSPS) is 11.4. The summed E-state index contributed by atoms with van der Waals surface area (Å²) in [6, 6.07) is 3.97. The van der Waals surface area contributed by atoms with Crippen LogP contribution < -0.4 is 0 Å². The van der Waals surface area contributed by atoms with E-state index in [2.05, 4.69) is 6.08 Å². The lowest BCUT2D eigenvalue weighted by Crippen LogP contribution is -1.83. The summed E-state index contributed by atoms with van der Waals surface area (Å²) in [5, 5.41) is 8.61. The van der Waals surface area contributed by atoms with Crippen molar-refractivity contribution in [3.05, 3.63) is 29.7 Å². The molecular weight excluding hydrogens is 200 g/mol. The molecule has 0 saturated carbocycles. The Morgan fingerprint density at radius 1 is 1.12 bits per heavy atom. The second-order valence-electron chi connectivity index (χ2n) is 4.13. The third-order valence-corrected chi connectivity index (χ3v) is 2.57. The number of aryl methyl sites for hydroxylation is 1. The molecule has 1 heterocycles. The molecule has 1 aromatic heterocycles. The fraction of sp³-hybridized carbons (Fsp3) is 0.571. The summed E-state index contributed by atoms with van der Waals surface area (Å²) in [7, 11) is 0. The molecule has 1 N–H and O–H groups in total. The van der Waals surface area contributed by atoms with Crippen molar-refractivity contribution in [2.24, 2.45) is 0 Å². The molecule has 0 fully saturated rings. The molecule has 0 bridgehead atoms. The van der Waals surface area contributed by atoms with Crippen LogP contribution in [0, 0.1) is 6.92 Å². The average molecular weight is 222 g/mol. The van der Waals surface area contributed by atoms with Crippen LogP contribution in [-0.2, 0) is 0 Å². The molecule has 0 aliphatic rings. The highest BCUT2D eigenvalue weighted by molar-refractivity contribution is 5.42. The predicted octanol–water partition coefficient (Wildman–Crippen LogP) is 3.93. The van der Waals surface area contributed by atoms with Gasteiger partial charge in [0.15, 0.2) is 0 Å². The minimum atomic E-state index is 0.331. The quantitative estimate of drug-likeness (QED) is 0.676. The molecule has 1 aromatic rings.